The number of nitrogens with one attached hydrogen (secondary N) is 1. The number of rotatable bonds is 2. The largest absolute Gasteiger partial charge is 0.316 e. The Morgan fingerprint density at radius 2 is 2.18 bits per heavy atom. The van der Waals surface area contributed by atoms with Crippen molar-refractivity contribution in [1.29, 1.82) is 5.26 Å². The third kappa shape index (κ3) is 2.29. The Bertz CT molecular complexity index is 924. The number of pyridine rings is 1. The fourth-order valence-electron chi connectivity index (χ4n) is 2.28. The summed E-state index contributed by atoms with van der Waals surface area (Å²) in [4.78, 5) is 12.4. The minimum atomic E-state index is -0.586. The van der Waals surface area contributed by atoms with E-state index in [-0.39, 0.29) is 11.3 Å². The lowest BCUT2D eigenvalue weighted by molar-refractivity contribution is -0.644. The third-order valence-corrected chi connectivity index (χ3v) is 3.35. The number of nitriles is 1. The number of carbonyl (C=O) groups is 1. The van der Waals surface area contributed by atoms with Crippen molar-refractivity contribution < 1.29 is 13.8 Å². The van der Waals surface area contributed by atoms with E-state index in [0.717, 1.165) is 11.7 Å². The Hall–Kier alpha value is -3.20. The predicted molar refractivity (Wildman–Crippen MR) is 77.6 cm³/mol. The van der Waals surface area contributed by atoms with Gasteiger partial charge in [-0.15, -0.1) is 0 Å². The maximum Gasteiger partial charge on any atom is 0.299 e. The second-order valence-electron chi connectivity index (χ2n) is 4.81. The summed E-state index contributed by atoms with van der Waals surface area (Å²) in [6.45, 7) is 0. The van der Waals surface area contributed by atoms with Gasteiger partial charge in [0.05, 0.1) is 30.6 Å². The highest BCUT2D eigenvalue weighted by atomic mass is 19.1. The molecule has 6 heteroatoms. The number of fused-ring (bicyclic) bond motifs is 1. The molecular weight excluding hydrogens is 283 g/mol. The van der Waals surface area contributed by atoms with Crippen molar-refractivity contribution in [3.8, 4) is 6.07 Å². The van der Waals surface area contributed by atoms with Crippen LogP contribution in [-0.2, 0) is 7.05 Å². The SMILES string of the molecule is C[n+]1cc(C(=O)Nc2cc(C#N)ccc2F)n2ccccc21. The molecule has 0 unspecified atom stereocenters. The van der Waals surface area contributed by atoms with Gasteiger partial charge in [-0.05, 0) is 24.3 Å². The lowest BCUT2D eigenvalue weighted by Crippen LogP contribution is -2.25. The predicted octanol–water partition coefficient (Wildman–Crippen LogP) is 2.03. The normalized spacial score (nSPS) is 10.4. The minimum absolute atomic E-state index is 0.0161. The van der Waals surface area contributed by atoms with E-state index in [9.17, 15) is 9.18 Å². The molecule has 22 heavy (non-hydrogen) atoms. The van der Waals surface area contributed by atoms with Crippen LogP contribution in [0.25, 0.3) is 5.65 Å². The van der Waals surface area contributed by atoms with Crippen LogP contribution in [0.3, 0.4) is 0 Å². The molecule has 3 aromatic rings. The number of amides is 1. The van der Waals surface area contributed by atoms with Crippen LogP contribution in [0.1, 0.15) is 16.1 Å². The van der Waals surface area contributed by atoms with E-state index in [1.54, 1.807) is 27.4 Å². The summed E-state index contributed by atoms with van der Waals surface area (Å²) in [5.74, 6) is -1.03. The molecule has 0 bridgehead atoms. The van der Waals surface area contributed by atoms with Gasteiger partial charge in [-0.3, -0.25) is 4.79 Å². The first-order valence-corrected chi connectivity index (χ1v) is 6.57. The average molecular weight is 295 g/mol. The van der Waals surface area contributed by atoms with Gasteiger partial charge in [0.2, 0.25) is 5.69 Å². The molecule has 0 aliphatic rings. The highest BCUT2D eigenvalue weighted by molar-refractivity contribution is 6.03. The standard InChI is InChI=1S/C16H11FN4O/c1-20-10-14(21-7-3-2-4-15(20)21)16(22)19-13-8-11(9-18)5-6-12(13)17/h2-8,10H,1H3/p+1. The van der Waals surface area contributed by atoms with E-state index >= 15 is 0 Å². The van der Waals surface area contributed by atoms with Crippen molar-refractivity contribution in [3.05, 3.63) is 65.9 Å². The van der Waals surface area contributed by atoms with Crippen molar-refractivity contribution in [2.75, 3.05) is 5.32 Å². The molecule has 2 heterocycles. The number of nitrogens with zero attached hydrogens (tertiary/aromatic N) is 3. The summed E-state index contributed by atoms with van der Waals surface area (Å²) in [6.07, 6.45) is 3.42. The van der Waals surface area contributed by atoms with Gasteiger partial charge in [-0.2, -0.15) is 9.66 Å². The number of benzene rings is 1. The lowest BCUT2D eigenvalue weighted by atomic mass is 10.2. The quantitative estimate of drug-likeness (QED) is 0.735. The second-order valence-corrected chi connectivity index (χ2v) is 4.81. The number of carbonyl (C=O) groups excluding carboxylic acids is 1. The van der Waals surface area contributed by atoms with Crippen LogP contribution >= 0.6 is 0 Å². The summed E-state index contributed by atoms with van der Waals surface area (Å²) in [5, 5.41) is 11.4. The van der Waals surface area contributed by atoms with E-state index in [1.165, 1.54) is 12.1 Å². The summed E-state index contributed by atoms with van der Waals surface area (Å²) in [5.41, 5.74) is 1.47. The molecule has 3 rings (SSSR count). The van der Waals surface area contributed by atoms with E-state index in [0.29, 0.717) is 5.69 Å². The maximum atomic E-state index is 13.8. The Morgan fingerprint density at radius 1 is 1.36 bits per heavy atom. The van der Waals surface area contributed by atoms with Crippen molar-refractivity contribution in [2.45, 2.75) is 0 Å². The molecule has 0 spiro atoms. The van der Waals surface area contributed by atoms with E-state index in [4.69, 9.17) is 5.26 Å². The number of hydrogen-bond donors (Lipinski definition) is 1. The van der Waals surface area contributed by atoms with Crippen LogP contribution in [0.5, 0.6) is 0 Å². The zero-order chi connectivity index (χ0) is 15.7. The number of halogens is 1. The van der Waals surface area contributed by atoms with Gasteiger partial charge in [0.25, 0.3) is 11.6 Å². The average Bonchev–Trinajstić information content (AvgIpc) is 2.87. The van der Waals surface area contributed by atoms with Crippen molar-refractivity contribution in [1.82, 2.24) is 4.40 Å². The van der Waals surface area contributed by atoms with Gasteiger partial charge in [-0.25, -0.2) is 8.96 Å². The van der Waals surface area contributed by atoms with Gasteiger partial charge in [0.15, 0.2) is 0 Å². The van der Waals surface area contributed by atoms with Crippen LogP contribution in [0.15, 0.2) is 48.8 Å². The molecule has 0 saturated carbocycles. The number of imidazole rings is 1. The van der Waals surface area contributed by atoms with Gasteiger partial charge in [0.1, 0.15) is 12.0 Å². The van der Waals surface area contributed by atoms with Gasteiger partial charge in [0, 0.05) is 6.07 Å². The molecule has 108 valence electrons. The number of aromatic nitrogens is 2. The molecule has 0 fully saturated rings. The molecule has 0 radical (unpaired) electrons. The Morgan fingerprint density at radius 3 is 2.95 bits per heavy atom. The van der Waals surface area contributed by atoms with Crippen molar-refractivity contribution in [2.24, 2.45) is 7.05 Å². The molecule has 0 aliphatic heterocycles. The maximum absolute atomic E-state index is 13.8. The first-order chi connectivity index (χ1) is 10.6. The van der Waals surface area contributed by atoms with E-state index in [2.05, 4.69) is 5.32 Å². The Balaban J connectivity index is 1.99. The van der Waals surface area contributed by atoms with Gasteiger partial charge < -0.3 is 5.32 Å². The topological polar surface area (TPSA) is 61.2 Å². The van der Waals surface area contributed by atoms with Crippen molar-refractivity contribution >= 4 is 17.2 Å². The summed E-state index contributed by atoms with van der Waals surface area (Å²) in [7, 11) is 1.82. The Labute approximate surface area is 125 Å². The highest BCUT2D eigenvalue weighted by Gasteiger charge is 2.21. The molecular formula is C16H12FN4O+. The number of aryl methyl sites for hydroxylation is 1. The minimum Gasteiger partial charge on any atom is -0.316 e. The monoisotopic (exact) mass is 295 g/mol. The molecule has 1 aromatic carbocycles. The zero-order valence-corrected chi connectivity index (χ0v) is 11.7. The lowest BCUT2D eigenvalue weighted by Gasteiger charge is -2.04. The molecule has 0 atom stereocenters. The third-order valence-electron chi connectivity index (χ3n) is 3.35. The van der Waals surface area contributed by atoms with Crippen molar-refractivity contribution in [3.63, 3.8) is 0 Å². The van der Waals surface area contributed by atoms with E-state index < -0.39 is 11.7 Å². The number of hydrogen-bond acceptors (Lipinski definition) is 2. The molecule has 0 aliphatic carbocycles. The van der Waals surface area contributed by atoms with Crippen LogP contribution < -0.4 is 9.88 Å². The van der Waals surface area contributed by atoms with Crippen LogP contribution in [0.2, 0.25) is 0 Å². The summed E-state index contributed by atoms with van der Waals surface area (Å²) < 4.78 is 17.3. The van der Waals surface area contributed by atoms with Gasteiger partial charge in [-0.1, -0.05) is 6.07 Å². The molecule has 0 saturated heterocycles. The Kier molecular flexibility index (Phi) is 3.31. The number of anilines is 1. The smallest absolute Gasteiger partial charge is 0.299 e. The first-order valence-electron chi connectivity index (χ1n) is 6.57. The fourth-order valence-corrected chi connectivity index (χ4v) is 2.28. The molecule has 2 aromatic heterocycles. The van der Waals surface area contributed by atoms with Crippen LogP contribution in [0, 0.1) is 17.1 Å². The van der Waals surface area contributed by atoms with Gasteiger partial charge >= 0.3 is 0 Å². The van der Waals surface area contributed by atoms with E-state index in [1.807, 2.05) is 25.2 Å². The van der Waals surface area contributed by atoms with Crippen LogP contribution in [0.4, 0.5) is 10.1 Å². The second kappa shape index (κ2) is 5.30. The fraction of sp³-hybridized carbons (Fsp3) is 0.0625. The molecule has 5 nitrogen and oxygen atoms in total. The summed E-state index contributed by atoms with van der Waals surface area (Å²) >= 11 is 0. The zero-order valence-electron chi connectivity index (χ0n) is 11.7. The van der Waals surface area contributed by atoms with Crippen LogP contribution in [-0.4, -0.2) is 10.3 Å². The highest BCUT2D eigenvalue weighted by Crippen LogP contribution is 2.17. The summed E-state index contributed by atoms with van der Waals surface area (Å²) in [6, 6.07) is 11.3. The molecule has 1 N–H and O–H groups in total. The first kappa shape index (κ1) is 13.8. The molecule has 1 amide bonds.